The topological polar surface area (TPSA) is 74.6 Å². The number of carboxylic acid groups (broad SMARTS) is 2. The number of carbonyl (C=O) groups is 2. The van der Waals surface area contributed by atoms with Gasteiger partial charge in [-0.05, 0) is 6.92 Å². The van der Waals surface area contributed by atoms with Crippen molar-refractivity contribution in [1.82, 2.24) is 0 Å². The minimum absolute atomic E-state index is 0.149. The molecule has 0 aliphatic carbocycles. The fourth-order valence-corrected chi connectivity index (χ4v) is 5.13. The number of rotatable bonds is 8. The van der Waals surface area contributed by atoms with Gasteiger partial charge in [-0.2, -0.15) is 0 Å². The molecule has 0 saturated heterocycles. The van der Waals surface area contributed by atoms with Crippen LogP contribution < -0.4 is 0 Å². The molecule has 0 amide bonds. The van der Waals surface area contributed by atoms with Gasteiger partial charge in [-0.1, -0.05) is 0 Å². The molecule has 0 aliphatic rings. The molecule has 0 unspecified atom stereocenters. The minimum atomic E-state index is -1.24. The molecule has 4 nitrogen and oxygen atoms in total. The van der Waals surface area contributed by atoms with E-state index in [9.17, 15) is 9.59 Å². The Hall–Kier alpha value is -0.521. The molecular weight excluding hydrogens is 339 g/mol. The van der Waals surface area contributed by atoms with E-state index in [1.807, 2.05) is 0 Å². The second kappa shape index (κ2) is 14.5. The van der Waals surface area contributed by atoms with Crippen molar-refractivity contribution in [3.8, 4) is 0 Å². The predicted octanol–water partition coefficient (Wildman–Crippen LogP) is 3.23. The average Bonchev–Trinajstić information content (AvgIpc) is 2.29. The first-order valence-electron chi connectivity index (χ1n) is 6.30. The third-order valence-electron chi connectivity index (χ3n) is 2.09. The zero-order valence-electron chi connectivity index (χ0n) is 11.5. The van der Waals surface area contributed by atoms with Gasteiger partial charge >= 0.3 is 81.5 Å². The predicted molar refractivity (Wildman–Crippen MR) is 74.2 cm³/mol. The molecule has 0 aromatic heterocycles. The van der Waals surface area contributed by atoms with Crippen LogP contribution in [0.5, 0.6) is 0 Å². The van der Waals surface area contributed by atoms with Gasteiger partial charge in [0.05, 0.1) is 0 Å². The van der Waals surface area contributed by atoms with E-state index in [1.54, 1.807) is 8.87 Å². The van der Waals surface area contributed by atoms with E-state index in [1.165, 1.54) is 32.6 Å². The molecular formula is C13H24O4Sn. The van der Waals surface area contributed by atoms with Gasteiger partial charge in [-0.3, -0.25) is 0 Å². The van der Waals surface area contributed by atoms with Gasteiger partial charge in [0, 0.05) is 11.6 Å². The molecule has 104 valence electrons. The standard InChI is InChI=1S/C5H6O4.2C4H9.Sn/c1-3(5(8)9)2-4(6)7;2*1-3-4-2;/h2H,1H3,(H,6,7)(H,8,9);2*1,3-4H2,2H3;/b3-2-;;;. The van der Waals surface area contributed by atoms with Crippen molar-refractivity contribution in [2.24, 2.45) is 0 Å². The maximum absolute atomic E-state index is 9.90. The van der Waals surface area contributed by atoms with Crippen LogP contribution in [0.1, 0.15) is 46.5 Å². The Bertz CT molecular complexity index is 256. The fraction of sp³-hybridized carbons (Fsp3) is 0.692. The molecule has 0 atom stereocenters. The van der Waals surface area contributed by atoms with Gasteiger partial charge in [0.2, 0.25) is 0 Å². The van der Waals surface area contributed by atoms with Gasteiger partial charge < -0.3 is 10.2 Å². The first kappa shape index (κ1) is 19.8. The van der Waals surface area contributed by atoms with Crippen LogP contribution in [0.2, 0.25) is 8.87 Å². The van der Waals surface area contributed by atoms with Crippen molar-refractivity contribution in [1.29, 1.82) is 0 Å². The molecule has 0 aromatic rings. The molecule has 0 spiro atoms. The van der Waals surface area contributed by atoms with Crippen LogP contribution in [0.15, 0.2) is 11.6 Å². The quantitative estimate of drug-likeness (QED) is 0.395. The summed E-state index contributed by atoms with van der Waals surface area (Å²) < 4.78 is 3.25. The van der Waals surface area contributed by atoms with Crippen LogP contribution in [0, 0.1) is 0 Å². The summed E-state index contributed by atoms with van der Waals surface area (Å²) in [4.78, 5) is 19.7. The van der Waals surface area contributed by atoms with Crippen LogP contribution in [0.3, 0.4) is 0 Å². The second-order valence-corrected chi connectivity index (χ2v) is 8.21. The normalized spacial score (nSPS) is 10.5. The van der Waals surface area contributed by atoms with Crippen LogP contribution >= 0.6 is 0 Å². The van der Waals surface area contributed by atoms with Gasteiger partial charge in [0.1, 0.15) is 0 Å². The number of hydrogen-bond acceptors (Lipinski definition) is 2. The van der Waals surface area contributed by atoms with Gasteiger partial charge in [0.15, 0.2) is 0 Å². The van der Waals surface area contributed by atoms with Crippen molar-refractivity contribution >= 4 is 33.1 Å². The third kappa shape index (κ3) is 17.9. The van der Waals surface area contributed by atoms with E-state index in [0.29, 0.717) is 6.08 Å². The summed E-state index contributed by atoms with van der Waals surface area (Å²) in [6.07, 6.45) is 6.48. The van der Waals surface area contributed by atoms with E-state index in [0.717, 1.165) is 0 Å². The first-order chi connectivity index (χ1) is 8.45. The van der Waals surface area contributed by atoms with Gasteiger partial charge in [0.25, 0.3) is 0 Å². The summed E-state index contributed by atoms with van der Waals surface area (Å²) in [6.45, 7) is 5.80. The van der Waals surface area contributed by atoms with Crippen LogP contribution in [-0.4, -0.2) is 43.3 Å². The maximum atomic E-state index is 9.90. The summed E-state index contributed by atoms with van der Waals surface area (Å²) in [6, 6.07) is 0. The van der Waals surface area contributed by atoms with Crippen molar-refractivity contribution in [3.63, 3.8) is 0 Å². The number of hydrogen-bond donors (Lipinski definition) is 2. The molecule has 0 fully saturated rings. The Morgan fingerprint density at radius 1 is 1.06 bits per heavy atom. The molecule has 2 radical (unpaired) electrons. The number of carboxylic acids is 2. The molecule has 2 N–H and O–H groups in total. The fourth-order valence-electron chi connectivity index (χ4n) is 0.976. The van der Waals surface area contributed by atoms with E-state index < -0.39 is 11.9 Å². The molecule has 0 saturated carbocycles. The number of aliphatic carboxylic acids is 2. The molecule has 18 heavy (non-hydrogen) atoms. The van der Waals surface area contributed by atoms with Crippen molar-refractivity contribution in [2.45, 2.75) is 55.3 Å². The summed E-state index contributed by atoms with van der Waals surface area (Å²) in [5.74, 6) is -2.45. The second-order valence-electron chi connectivity index (χ2n) is 3.93. The molecule has 0 aromatic carbocycles. The zero-order chi connectivity index (χ0) is 14.4. The Balaban J connectivity index is 0. The Morgan fingerprint density at radius 3 is 1.72 bits per heavy atom. The van der Waals surface area contributed by atoms with Crippen molar-refractivity contribution < 1.29 is 19.8 Å². The van der Waals surface area contributed by atoms with Crippen molar-refractivity contribution in [2.75, 3.05) is 0 Å². The van der Waals surface area contributed by atoms with Crippen LogP contribution in [0.4, 0.5) is 0 Å². The molecule has 0 rings (SSSR count). The average molecular weight is 363 g/mol. The zero-order valence-corrected chi connectivity index (χ0v) is 14.4. The van der Waals surface area contributed by atoms with Gasteiger partial charge in [-0.25, -0.2) is 9.59 Å². The molecule has 0 aliphatic heterocycles. The van der Waals surface area contributed by atoms with Crippen molar-refractivity contribution in [3.05, 3.63) is 11.6 Å². The van der Waals surface area contributed by atoms with E-state index in [-0.39, 0.29) is 26.7 Å². The molecule has 5 heteroatoms. The SMILES string of the molecule is C/C(=C/C(=O)O)C(=O)O.CCC[CH2][Sn][CH2]CCC. The molecule has 0 bridgehead atoms. The third-order valence-corrected chi connectivity index (χ3v) is 6.13. The Morgan fingerprint density at radius 2 is 1.50 bits per heavy atom. The first-order valence-corrected chi connectivity index (χ1v) is 10.3. The Kier molecular flexibility index (Phi) is 16.0. The summed E-state index contributed by atoms with van der Waals surface area (Å²) >= 11 is 0.149. The summed E-state index contributed by atoms with van der Waals surface area (Å²) in [5.41, 5.74) is -0.178. The summed E-state index contributed by atoms with van der Waals surface area (Å²) in [7, 11) is 0. The molecule has 0 heterocycles. The van der Waals surface area contributed by atoms with E-state index in [2.05, 4.69) is 13.8 Å². The van der Waals surface area contributed by atoms with E-state index >= 15 is 0 Å². The van der Waals surface area contributed by atoms with Gasteiger partial charge in [-0.15, -0.1) is 0 Å². The Labute approximate surface area is 120 Å². The van der Waals surface area contributed by atoms with Crippen LogP contribution in [0.25, 0.3) is 0 Å². The van der Waals surface area contributed by atoms with Crippen LogP contribution in [-0.2, 0) is 9.59 Å². The van der Waals surface area contributed by atoms with E-state index in [4.69, 9.17) is 10.2 Å². The number of unbranched alkanes of at least 4 members (excludes halogenated alkanes) is 2. The summed E-state index contributed by atoms with van der Waals surface area (Å²) in [5, 5.41) is 16.1. The monoisotopic (exact) mass is 364 g/mol.